The minimum atomic E-state index is -0.607. The average Bonchev–Trinajstić information content (AvgIpc) is 2.99. The molecule has 156 valence electrons. The molecule has 0 aromatic heterocycles. The number of halogens is 1. The molecule has 3 rings (SSSR count). The second-order valence-electron chi connectivity index (χ2n) is 8.07. The van der Waals surface area contributed by atoms with Crippen LogP contribution in [0.3, 0.4) is 0 Å². The smallest absolute Gasteiger partial charge is 0.225 e. The van der Waals surface area contributed by atoms with Gasteiger partial charge in [-0.3, -0.25) is 4.79 Å². The normalized spacial score (nSPS) is 20.7. The molecule has 0 radical (unpaired) electrons. The van der Waals surface area contributed by atoms with Gasteiger partial charge in [-0.25, -0.2) is 4.39 Å². The molecule has 0 spiro atoms. The zero-order valence-corrected chi connectivity index (χ0v) is 16.7. The quantitative estimate of drug-likeness (QED) is 0.775. The van der Waals surface area contributed by atoms with Crippen LogP contribution >= 0.6 is 0 Å². The van der Waals surface area contributed by atoms with Gasteiger partial charge in [0.05, 0.1) is 19.3 Å². The number of piperidine rings is 1. The summed E-state index contributed by atoms with van der Waals surface area (Å²) in [5, 5.41) is 10.2. The maximum Gasteiger partial charge on any atom is 0.225 e. The highest BCUT2D eigenvalue weighted by Gasteiger charge is 2.29. The van der Waals surface area contributed by atoms with E-state index in [0.29, 0.717) is 18.0 Å². The summed E-state index contributed by atoms with van der Waals surface area (Å²) in [5.41, 5.74) is 0.502. The van der Waals surface area contributed by atoms with Crippen LogP contribution in [-0.4, -0.2) is 66.2 Å². The largest absolute Gasteiger partial charge is 0.389 e. The lowest BCUT2D eigenvalue weighted by Gasteiger charge is -2.34. The third-order valence-corrected chi connectivity index (χ3v) is 5.85. The first kappa shape index (κ1) is 21.2. The Labute approximate surface area is 167 Å². The minimum Gasteiger partial charge on any atom is -0.389 e. The third kappa shape index (κ3) is 6.26. The molecule has 1 N–H and O–H groups in total. The van der Waals surface area contributed by atoms with E-state index >= 15 is 0 Å². The first-order chi connectivity index (χ1) is 13.6. The summed E-state index contributed by atoms with van der Waals surface area (Å²) in [5.74, 6) is 0.173. The molecule has 0 saturated carbocycles. The van der Waals surface area contributed by atoms with E-state index in [2.05, 4.69) is 9.80 Å². The number of hydrogen-bond donors (Lipinski definition) is 1. The highest BCUT2D eigenvalue weighted by atomic mass is 19.1. The predicted octanol–water partition coefficient (Wildman–Crippen LogP) is 2.82. The zero-order valence-electron chi connectivity index (χ0n) is 16.7. The number of likely N-dealkylation sites (tertiary alicyclic amines) is 2. The first-order valence-electron chi connectivity index (χ1n) is 10.6. The summed E-state index contributed by atoms with van der Waals surface area (Å²) in [6.07, 6.45) is 5.84. The molecule has 1 aromatic carbocycles. The number of ether oxygens (including phenoxy) is 1. The number of amides is 1. The maximum absolute atomic E-state index is 13.6. The number of rotatable bonds is 7. The van der Waals surface area contributed by atoms with E-state index in [1.54, 1.807) is 18.2 Å². The highest BCUT2D eigenvalue weighted by Crippen LogP contribution is 2.22. The number of nitrogens with zero attached hydrogens (tertiary/aromatic N) is 2. The van der Waals surface area contributed by atoms with Crippen LogP contribution in [-0.2, 0) is 16.1 Å². The molecule has 2 aliphatic rings. The van der Waals surface area contributed by atoms with Gasteiger partial charge in [0.15, 0.2) is 0 Å². The number of hydrogen-bond acceptors (Lipinski definition) is 4. The van der Waals surface area contributed by atoms with Gasteiger partial charge in [0, 0.05) is 31.1 Å². The number of aliphatic hydroxyl groups is 1. The summed E-state index contributed by atoms with van der Waals surface area (Å²) in [6.45, 7) is 4.36. The highest BCUT2D eigenvalue weighted by molar-refractivity contribution is 5.79. The summed E-state index contributed by atoms with van der Waals surface area (Å²) in [4.78, 5) is 17.0. The van der Waals surface area contributed by atoms with E-state index in [9.17, 15) is 14.3 Å². The van der Waals surface area contributed by atoms with Crippen LogP contribution in [0.4, 0.5) is 4.39 Å². The fourth-order valence-corrected chi connectivity index (χ4v) is 4.18. The van der Waals surface area contributed by atoms with E-state index in [0.717, 1.165) is 51.9 Å². The second kappa shape index (κ2) is 10.9. The predicted molar refractivity (Wildman–Crippen MR) is 106 cm³/mol. The number of aliphatic hydroxyl groups excluding tert-OH is 1. The van der Waals surface area contributed by atoms with Crippen molar-refractivity contribution in [3.63, 3.8) is 0 Å². The molecule has 1 aromatic rings. The topological polar surface area (TPSA) is 53.0 Å². The molecular weight excluding hydrogens is 359 g/mol. The van der Waals surface area contributed by atoms with Gasteiger partial charge < -0.3 is 19.6 Å². The number of carbonyl (C=O) groups is 1. The Balaban J connectivity index is 1.34. The summed E-state index contributed by atoms with van der Waals surface area (Å²) in [7, 11) is 0. The molecule has 2 fully saturated rings. The van der Waals surface area contributed by atoms with E-state index in [1.807, 2.05) is 0 Å². The molecule has 5 nitrogen and oxygen atoms in total. The Morgan fingerprint density at radius 2 is 1.79 bits per heavy atom. The number of β-amino-alcohol motifs (C(OH)–C–C–N with tert-alkyl or cyclic N) is 1. The van der Waals surface area contributed by atoms with E-state index in [1.165, 1.54) is 18.9 Å². The lowest BCUT2D eigenvalue weighted by molar-refractivity contribution is -0.137. The summed E-state index contributed by atoms with van der Waals surface area (Å²) in [6, 6.07) is 6.52. The molecular formula is C22H33FN2O3. The second-order valence-corrected chi connectivity index (χ2v) is 8.07. The molecule has 1 unspecified atom stereocenters. The van der Waals surface area contributed by atoms with Crippen LogP contribution in [0.1, 0.15) is 44.1 Å². The molecule has 1 atom stereocenters. The van der Waals surface area contributed by atoms with Crippen molar-refractivity contribution < 1.29 is 19.0 Å². The van der Waals surface area contributed by atoms with Crippen molar-refractivity contribution in [1.82, 2.24) is 9.80 Å². The third-order valence-electron chi connectivity index (χ3n) is 5.85. The monoisotopic (exact) mass is 392 g/mol. The van der Waals surface area contributed by atoms with Crippen molar-refractivity contribution in [2.24, 2.45) is 5.92 Å². The molecule has 2 heterocycles. The van der Waals surface area contributed by atoms with Crippen LogP contribution in [0, 0.1) is 11.7 Å². The molecule has 6 heteroatoms. The molecule has 0 aliphatic carbocycles. The Morgan fingerprint density at radius 3 is 2.46 bits per heavy atom. The van der Waals surface area contributed by atoms with E-state index in [4.69, 9.17) is 4.74 Å². The maximum atomic E-state index is 13.6. The lowest BCUT2D eigenvalue weighted by atomic mass is 9.95. The van der Waals surface area contributed by atoms with Gasteiger partial charge in [-0.05, 0) is 44.8 Å². The van der Waals surface area contributed by atoms with Crippen LogP contribution < -0.4 is 0 Å². The molecule has 2 aliphatic heterocycles. The SMILES string of the molecule is O=C(C1CCN(CC(O)COCc2ccccc2F)CC1)N1CCCCCC1. The Bertz CT molecular complexity index is 612. The van der Waals surface area contributed by atoms with E-state index < -0.39 is 6.10 Å². The van der Waals surface area contributed by atoms with Gasteiger partial charge in [-0.1, -0.05) is 31.0 Å². The van der Waals surface area contributed by atoms with Crippen LogP contribution in [0.25, 0.3) is 0 Å². The Morgan fingerprint density at radius 1 is 1.11 bits per heavy atom. The average molecular weight is 393 g/mol. The lowest BCUT2D eigenvalue weighted by Crippen LogP contribution is -2.45. The minimum absolute atomic E-state index is 0.129. The van der Waals surface area contributed by atoms with Crippen molar-refractivity contribution in [3.05, 3.63) is 35.6 Å². The number of benzene rings is 1. The van der Waals surface area contributed by atoms with Crippen molar-refractivity contribution in [3.8, 4) is 0 Å². The van der Waals surface area contributed by atoms with Gasteiger partial charge in [-0.15, -0.1) is 0 Å². The number of carbonyl (C=O) groups excluding carboxylic acids is 1. The van der Waals surface area contributed by atoms with Gasteiger partial charge in [0.1, 0.15) is 5.82 Å². The molecule has 2 saturated heterocycles. The first-order valence-corrected chi connectivity index (χ1v) is 10.6. The summed E-state index contributed by atoms with van der Waals surface area (Å²) < 4.78 is 19.0. The van der Waals surface area contributed by atoms with Crippen molar-refractivity contribution >= 4 is 5.91 Å². The standard InChI is InChI=1S/C22H33FN2O3/c23-21-8-4-3-7-19(21)16-28-17-20(26)15-24-13-9-18(10-14-24)22(27)25-11-5-1-2-6-12-25/h3-4,7-8,18,20,26H,1-2,5-6,9-17H2. The van der Waals surface area contributed by atoms with Gasteiger partial charge >= 0.3 is 0 Å². The van der Waals surface area contributed by atoms with Crippen LogP contribution in [0.2, 0.25) is 0 Å². The van der Waals surface area contributed by atoms with Crippen molar-refractivity contribution in [2.45, 2.75) is 51.2 Å². The fourth-order valence-electron chi connectivity index (χ4n) is 4.18. The van der Waals surface area contributed by atoms with Gasteiger partial charge in [0.25, 0.3) is 0 Å². The molecule has 0 bridgehead atoms. The van der Waals surface area contributed by atoms with Crippen LogP contribution in [0.15, 0.2) is 24.3 Å². The molecule has 1 amide bonds. The van der Waals surface area contributed by atoms with Crippen LogP contribution in [0.5, 0.6) is 0 Å². The zero-order chi connectivity index (χ0) is 19.8. The Kier molecular flexibility index (Phi) is 8.25. The summed E-state index contributed by atoms with van der Waals surface area (Å²) >= 11 is 0. The fraction of sp³-hybridized carbons (Fsp3) is 0.682. The van der Waals surface area contributed by atoms with E-state index in [-0.39, 0.29) is 24.9 Å². The van der Waals surface area contributed by atoms with Gasteiger partial charge in [-0.2, -0.15) is 0 Å². The molecule has 28 heavy (non-hydrogen) atoms. The van der Waals surface area contributed by atoms with Crippen molar-refractivity contribution in [2.75, 3.05) is 39.3 Å². The van der Waals surface area contributed by atoms with Crippen molar-refractivity contribution in [1.29, 1.82) is 0 Å². The van der Waals surface area contributed by atoms with Gasteiger partial charge in [0.2, 0.25) is 5.91 Å². The Hall–Kier alpha value is -1.50.